The van der Waals surface area contributed by atoms with E-state index in [0.29, 0.717) is 5.56 Å². The molecule has 3 nitrogen and oxygen atoms in total. The lowest BCUT2D eigenvalue weighted by Crippen LogP contribution is -2.25. The fraction of sp³-hybridized carbons (Fsp3) is 0.538. The molecule has 0 bridgehead atoms. The van der Waals surface area contributed by atoms with Crippen molar-refractivity contribution in [3.63, 3.8) is 0 Å². The fourth-order valence-corrected chi connectivity index (χ4v) is 2.34. The van der Waals surface area contributed by atoms with Gasteiger partial charge < -0.3 is 4.90 Å². The summed E-state index contributed by atoms with van der Waals surface area (Å²) in [5.41, 5.74) is 0.679. The molecule has 0 aliphatic carbocycles. The van der Waals surface area contributed by atoms with E-state index in [0.717, 1.165) is 30.4 Å². The molecule has 0 unspecified atom stereocenters. The molecule has 0 aliphatic rings. The van der Waals surface area contributed by atoms with Crippen LogP contribution < -0.4 is 0 Å². The van der Waals surface area contributed by atoms with Crippen LogP contribution in [0.5, 0.6) is 0 Å². The molecule has 4 heteroatoms. The highest BCUT2D eigenvalue weighted by atomic mass is 32.2. The van der Waals surface area contributed by atoms with E-state index in [-0.39, 0.29) is 5.78 Å². The summed E-state index contributed by atoms with van der Waals surface area (Å²) in [6.45, 7) is 9.17. The Morgan fingerprint density at radius 1 is 1.35 bits per heavy atom. The highest BCUT2D eigenvalue weighted by Crippen LogP contribution is 2.15. The monoisotopic (exact) mass is 252 g/mol. The van der Waals surface area contributed by atoms with Gasteiger partial charge in [0, 0.05) is 24.1 Å². The van der Waals surface area contributed by atoms with Crippen LogP contribution in [0.4, 0.5) is 0 Å². The first-order valence-electron chi connectivity index (χ1n) is 5.99. The quantitative estimate of drug-likeness (QED) is 0.552. The van der Waals surface area contributed by atoms with Gasteiger partial charge in [-0.3, -0.25) is 4.79 Å². The van der Waals surface area contributed by atoms with Gasteiger partial charge in [-0.15, -0.1) is 11.8 Å². The molecular formula is C13H20N2OS. The van der Waals surface area contributed by atoms with Crippen molar-refractivity contribution in [2.75, 3.05) is 25.4 Å². The zero-order chi connectivity index (χ0) is 12.7. The summed E-state index contributed by atoms with van der Waals surface area (Å²) in [7, 11) is 0. The van der Waals surface area contributed by atoms with Crippen molar-refractivity contribution in [3.05, 3.63) is 23.9 Å². The summed E-state index contributed by atoms with van der Waals surface area (Å²) in [5, 5.41) is 0.988. The van der Waals surface area contributed by atoms with Crippen LogP contribution in [0.15, 0.2) is 23.4 Å². The minimum absolute atomic E-state index is 0.0668. The van der Waals surface area contributed by atoms with E-state index in [1.165, 1.54) is 0 Å². The standard InChI is InChI=1S/C13H20N2OS/c1-4-15(5-2)8-9-17-13-7-6-12(10-14-13)11(3)16/h6-7,10H,4-5,8-9H2,1-3H3. The second-order valence-corrected chi connectivity index (χ2v) is 4.93. The zero-order valence-electron chi connectivity index (χ0n) is 10.8. The summed E-state index contributed by atoms with van der Waals surface area (Å²) in [6.07, 6.45) is 1.65. The van der Waals surface area contributed by atoms with Crippen molar-refractivity contribution >= 4 is 17.5 Å². The number of Topliss-reactive ketones (excluding diaryl/α,β-unsaturated/α-hetero) is 1. The summed E-state index contributed by atoms with van der Waals surface area (Å²) in [5.74, 6) is 1.10. The van der Waals surface area contributed by atoms with Crippen LogP contribution >= 0.6 is 11.8 Å². The fourth-order valence-electron chi connectivity index (χ4n) is 1.49. The number of thioether (sulfide) groups is 1. The average molecular weight is 252 g/mol. The van der Waals surface area contributed by atoms with Gasteiger partial charge in [-0.1, -0.05) is 13.8 Å². The first-order chi connectivity index (χ1) is 8.17. The molecule has 17 heavy (non-hydrogen) atoms. The van der Waals surface area contributed by atoms with Gasteiger partial charge in [-0.05, 0) is 32.1 Å². The van der Waals surface area contributed by atoms with Gasteiger partial charge in [-0.25, -0.2) is 4.98 Å². The van der Waals surface area contributed by atoms with Crippen LogP contribution in [-0.2, 0) is 0 Å². The summed E-state index contributed by atoms with van der Waals surface area (Å²) in [4.78, 5) is 17.7. The number of pyridine rings is 1. The Morgan fingerprint density at radius 3 is 2.53 bits per heavy atom. The summed E-state index contributed by atoms with van der Waals surface area (Å²) >= 11 is 1.74. The Balaban J connectivity index is 2.39. The number of hydrogen-bond donors (Lipinski definition) is 0. The smallest absolute Gasteiger partial charge is 0.161 e. The molecule has 1 aromatic heterocycles. The predicted molar refractivity (Wildman–Crippen MR) is 72.8 cm³/mol. The first kappa shape index (κ1) is 14.2. The minimum Gasteiger partial charge on any atom is -0.303 e. The molecule has 0 spiro atoms. The van der Waals surface area contributed by atoms with E-state index >= 15 is 0 Å². The molecule has 0 fully saturated rings. The third-order valence-corrected chi connectivity index (χ3v) is 3.62. The number of hydrogen-bond acceptors (Lipinski definition) is 4. The van der Waals surface area contributed by atoms with Gasteiger partial charge in [-0.2, -0.15) is 0 Å². The maximum absolute atomic E-state index is 11.1. The van der Waals surface area contributed by atoms with Crippen LogP contribution in [-0.4, -0.2) is 41.1 Å². The topological polar surface area (TPSA) is 33.2 Å². The first-order valence-corrected chi connectivity index (χ1v) is 6.98. The SMILES string of the molecule is CCN(CC)CCSc1ccc(C(C)=O)cn1. The van der Waals surface area contributed by atoms with E-state index in [2.05, 4.69) is 23.7 Å². The number of nitrogens with zero attached hydrogens (tertiary/aromatic N) is 2. The van der Waals surface area contributed by atoms with Crippen molar-refractivity contribution in [2.24, 2.45) is 0 Å². The van der Waals surface area contributed by atoms with E-state index < -0.39 is 0 Å². The van der Waals surface area contributed by atoms with Crippen molar-refractivity contribution in [1.29, 1.82) is 0 Å². The van der Waals surface area contributed by atoms with Gasteiger partial charge in [0.2, 0.25) is 0 Å². The van der Waals surface area contributed by atoms with Crippen LogP contribution in [0.25, 0.3) is 0 Å². The maximum Gasteiger partial charge on any atom is 0.161 e. The van der Waals surface area contributed by atoms with Crippen LogP contribution in [0.3, 0.4) is 0 Å². The average Bonchev–Trinajstić information content (AvgIpc) is 2.35. The Kier molecular flexibility index (Phi) is 6.22. The van der Waals surface area contributed by atoms with Crippen LogP contribution in [0.1, 0.15) is 31.1 Å². The normalized spacial score (nSPS) is 10.8. The lowest BCUT2D eigenvalue weighted by Gasteiger charge is -2.16. The molecule has 0 N–H and O–H groups in total. The third-order valence-electron chi connectivity index (χ3n) is 2.69. The van der Waals surface area contributed by atoms with Gasteiger partial charge >= 0.3 is 0 Å². The van der Waals surface area contributed by atoms with Crippen molar-refractivity contribution in [1.82, 2.24) is 9.88 Å². The summed E-state index contributed by atoms with van der Waals surface area (Å²) in [6, 6.07) is 3.76. The molecule has 0 aromatic carbocycles. The summed E-state index contributed by atoms with van der Waals surface area (Å²) < 4.78 is 0. The molecule has 0 amide bonds. The molecule has 0 saturated carbocycles. The number of aromatic nitrogens is 1. The number of ketones is 1. The van der Waals surface area contributed by atoms with Gasteiger partial charge in [0.15, 0.2) is 5.78 Å². The van der Waals surface area contributed by atoms with E-state index in [4.69, 9.17) is 0 Å². The highest BCUT2D eigenvalue weighted by molar-refractivity contribution is 7.99. The molecular weight excluding hydrogens is 232 g/mol. The van der Waals surface area contributed by atoms with Gasteiger partial charge in [0.1, 0.15) is 0 Å². The minimum atomic E-state index is 0.0668. The third kappa shape index (κ3) is 4.88. The molecule has 94 valence electrons. The number of carbonyl (C=O) groups is 1. The van der Waals surface area contributed by atoms with Gasteiger partial charge in [0.25, 0.3) is 0 Å². The molecule has 0 saturated heterocycles. The Labute approximate surface area is 108 Å². The van der Waals surface area contributed by atoms with E-state index in [9.17, 15) is 4.79 Å². The van der Waals surface area contributed by atoms with E-state index in [1.54, 1.807) is 24.9 Å². The van der Waals surface area contributed by atoms with Crippen molar-refractivity contribution in [3.8, 4) is 0 Å². The van der Waals surface area contributed by atoms with E-state index in [1.807, 2.05) is 12.1 Å². The second kappa shape index (κ2) is 7.45. The van der Waals surface area contributed by atoms with Gasteiger partial charge in [0.05, 0.1) is 5.03 Å². The Bertz CT molecular complexity index is 347. The number of rotatable bonds is 7. The largest absolute Gasteiger partial charge is 0.303 e. The molecule has 0 atom stereocenters. The molecule has 1 aromatic rings. The maximum atomic E-state index is 11.1. The van der Waals surface area contributed by atoms with Crippen LogP contribution in [0.2, 0.25) is 0 Å². The second-order valence-electron chi connectivity index (χ2n) is 3.82. The molecule has 0 aliphatic heterocycles. The van der Waals surface area contributed by atoms with Crippen molar-refractivity contribution in [2.45, 2.75) is 25.8 Å². The van der Waals surface area contributed by atoms with Crippen molar-refractivity contribution < 1.29 is 4.79 Å². The lowest BCUT2D eigenvalue weighted by molar-refractivity contribution is 0.101. The molecule has 0 radical (unpaired) electrons. The predicted octanol–water partition coefficient (Wildman–Crippen LogP) is 2.72. The Morgan fingerprint density at radius 2 is 2.06 bits per heavy atom. The number of carbonyl (C=O) groups excluding carboxylic acids is 1. The molecule has 1 heterocycles. The zero-order valence-corrected chi connectivity index (χ0v) is 11.6. The van der Waals surface area contributed by atoms with Crippen LogP contribution in [0, 0.1) is 0 Å². The highest BCUT2D eigenvalue weighted by Gasteiger charge is 2.02. The molecule has 1 rings (SSSR count). The lowest BCUT2D eigenvalue weighted by atomic mass is 10.2. The Hall–Kier alpha value is -0.870.